The molecule has 0 atom stereocenters. The van der Waals surface area contributed by atoms with Gasteiger partial charge in [-0.05, 0) is 29.8 Å². The predicted octanol–water partition coefficient (Wildman–Crippen LogP) is 3.67. The second-order valence-electron chi connectivity index (χ2n) is 3.43. The molecule has 0 aliphatic heterocycles. The lowest BCUT2D eigenvalue weighted by atomic mass is 10.0. The molecule has 1 N–H and O–H groups in total. The molecule has 16 heavy (non-hydrogen) atoms. The first-order chi connectivity index (χ1) is 7.72. The molecule has 0 amide bonds. The average Bonchev–Trinajstić information content (AvgIpc) is 2.29. The van der Waals surface area contributed by atoms with E-state index in [9.17, 15) is 8.78 Å². The van der Waals surface area contributed by atoms with E-state index in [-0.39, 0.29) is 5.56 Å². The quantitative estimate of drug-likeness (QED) is 0.812. The van der Waals surface area contributed by atoms with Crippen molar-refractivity contribution < 1.29 is 8.78 Å². The van der Waals surface area contributed by atoms with Crippen molar-refractivity contribution in [2.45, 2.75) is 0 Å². The number of nitrogens with one attached hydrogen (secondary N) is 1. The largest absolute Gasteiger partial charge is 0.388 e. The van der Waals surface area contributed by atoms with Crippen LogP contribution < -0.4 is 5.32 Å². The molecule has 0 saturated heterocycles. The molecule has 0 aromatic heterocycles. The van der Waals surface area contributed by atoms with Gasteiger partial charge in [-0.2, -0.15) is 0 Å². The summed E-state index contributed by atoms with van der Waals surface area (Å²) in [6.45, 7) is 0. The van der Waals surface area contributed by atoms with Crippen LogP contribution in [0.15, 0.2) is 42.5 Å². The Balaban J connectivity index is 2.58. The van der Waals surface area contributed by atoms with Crippen LogP contribution in [0.1, 0.15) is 0 Å². The summed E-state index contributed by atoms with van der Waals surface area (Å²) in [7, 11) is 1.76. The molecule has 0 bridgehead atoms. The summed E-state index contributed by atoms with van der Waals surface area (Å²) in [6.07, 6.45) is 0. The summed E-state index contributed by atoms with van der Waals surface area (Å²) in [5.41, 5.74) is 1.36. The zero-order chi connectivity index (χ0) is 11.5. The fraction of sp³-hybridized carbons (Fsp3) is 0.0769. The lowest BCUT2D eigenvalue weighted by Crippen LogP contribution is -1.92. The summed E-state index contributed by atoms with van der Waals surface area (Å²) in [5, 5.41) is 2.93. The number of rotatable bonds is 2. The zero-order valence-electron chi connectivity index (χ0n) is 8.80. The van der Waals surface area contributed by atoms with Crippen LogP contribution in [-0.2, 0) is 0 Å². The molecule has 3 heteroatoms. The van der Waals surface area contributed by atoms with Crippen LogP contribution in [0.2, 0.25) is 0 Å². The first kappa shape index (κ1) is 10.6. The molecular formula is C13H11F2N. The monoisotopic (exact) mass is 219 g/mol. The van der Waals surface area contributed by atoms with Crippen molar-refractivity contribution >= 4 is 5.69 Å². The molecule has 0 saturated carbocycles. The topological polar surface area (TPSA) is 12.0 Å². The minimum atomic E-state index is -0.548. The Morgan fingerprint density at radius 2 is 1.56 bits per heavy atom. The van der Waals surface area contributed by atoms with Crippen molar-refractivity contribution in [3.05, 3.63) is 54.1 Å². The molecule has 2 aromatic rings. The van der Waals surface area contributed by atoms with E-state index in [1.807, 2.05) is 6.07 Å². The summed E-state index contributed by atoms with van der Waals surface area (Å²) in [4.78, 5) is 0. The van der Waals surface area contributed by atoms with Crippen molar-refractivity contribution in [1.29, 1.82) is 0 Å². The fourth-order valence-electron chi connectivity index (χ4n) is 1.60. The number of hydrogen-bond donors (Lipinski definition) is 1. The van der Waals surface area contributed by atoms with Gasteiger partial charge in [0.25, 0.3) is 0 Å². The molecule has 0 spiro atoms. The highest BCUT2D eigenvalue weighted by Gasteiger charge is 2.10. The normalized spacial score (nSPS) is 10.2. The standard InChI is InChI=1S/C13H11F2N/c1-16-10-5-2-4-9(8-10)13-11(14)6-3-7-12(13)15/h2-8,16H,1H3. The lowest BCUT2D eigenvalue weighted by Gasteiger charge is -2.07. The van der Waals surface area contributed by atoms with E-state index >= 15 is 0 Å². The van der Waals surface area contributed by atoms with E-state index in [4.69, 9.17) is 0 Å². The molecule has 0 aliphatic carbocycles. The van der Waals surface area contributed by atoms with Crippen molar-refractivity contribution in [2.24, 2.45) is 0 Å². The Labute approximate surface area is 92.7 Å². The summed E-state index contributed by atoms with van der Waals surface area (Å²) in [5.74, 6) is -1.10. The molecule has 82 valence electrons. The minimum Gasteiger partial charge on any atom is -0.388 e. The maximum absolute atomic E-state index is 13.5. The van der Waals surface area contributed by atoms with Crippen molar-refractivity contribution in [3.63, 3.8) is 0 Å². The number of benzene rings is 2. The van der Waals surface area contributed by atoms with Gasteiger partial charge in [0.15, 0.2) is 0 Å². The van der Waals surface area contributed by atoms with E-state index in [1.54, 1.807) is 25.2 Å². The molecule has 2 rings (SSSR count). The molecule has 0 heterocycles. The highest BCUT2D eigenvalue weighted by Crippen LogP contribution is 2.27. The molecule has 2 aromatic carbocycles. The third-order valence-electron chi connectivity index (χ3n) is 2.40. The van der Waals surface area contributed by atoms with Gasteiger partial charge >= 0.3 is 0 Å². The molecule has 1 nitrogen and oxygen atoms in total. The van der Waals surface area contributed by atoms with Gasteiger partial charge in [0, 0.05) is 12.7 Å². The third-order valence-corrected chi connectivity index (χ3v) is 2.40. The van der Waals surface area contributed by atoms with Crippen molar-refractivity contribution in [2.75, 3.05) is 12.4 Å². The molecule has 0 aliphatic rings. The predicted molar refractivity (Wildman–Crippen MR) is 61.3 cm³/mol. The number of halogens is 2. The van der Waals surface area contributed by atoms with E-state index in [0.717, 1.165) is 5.69 Å². The molecule has 0 unspecified atom stereocenters. The summed E-state index contributed by atoms with van der Waals surface area (Å²) < 4.78 is 27.0. The maximum Gasteiger partial charge on any atom is 0.133 e. The Morgan fingerprint density at radius 3 is 2.19 bits per heavy atom. The van der Waals surface area contributed by atoms with Gasteiger partial charge in [-0.15, -0.1) is 0 Å². The Morgan fingerprint density at radius 1 is 0.938 bits per heavy atom. The van der Waals surface area contributed by atoms with Crippen molar-refractivity contribution in [3.8, 4) is 11.1 Å². The van der Waals surface area contributed by atoms with Crippen LogP contribution in [0.4, 0.5) is 14.5 Å². The van der Waals surface area contributed by atoms with Crippen LogP contribution in [0.5, 0.6) is 0 Å². The Kier molecular flexibility index (Phi) is 2.86. The first-order valence-electron chi connectivity index (χ1n) is 4.94. The van der Waals surface area contributed by atoms with Gasteiger partial charge in [-0.3, -0.25) is 0 Å². The molecular weight excluding hydrogens is 208 g/mol. The van der Waals surface area contributed by atoms with Crippen molar-refractivity contribution in [1.82, 2.24) is 0 Å². The smallest absolute Gasteiger partial charge is 0.133 e. The van der Waals surface area contributed by atoms with Crippen LogP contribution in [0.3, 0.4) is 0 Å². The van der Waals surface area contributed by atoms with Gasteiger partial charge in [0.1, 0.15) is 11.6 Å². The number of anilines is 1. The lowest BCUT2D eigenvalue weighted by molar-refractivity contribution is 0.589. The van der Waals surface area contributed by atoms with Gasteiger partial charge < -0.3 is 5.32 Å². The van der Waals surface area contributed by atoms with Gasteiger partial charge in [-0.1, -0.05) is 18.2 Å². The van der Waals surface area contributed by atoms with E-state index in [1.165, 1.54) is 18.2 Å². The minimum absolute atomic E-state index is 0.0135. The fourth-order valence-corrected chi connectivity index (χ4v) is 1.60. The summed E-state index contributed by atoms with van der Waals surface area (Å²) >= 11 is 0. The van der Waals surface area contributed by atoms with Crippen LogP contribution in [0, 0.1) is 11.6 Å². The second kappa shape index (κ2) is 4.31. The SMILES string of the molecule is CNc1cccc(-c2c(F)cccc2F)c1. The Bertz CT molecular complexity index is 489. The Hall–Kier alpha value is -1.90. The van der Waals surface area contributed by atoms with Gasteiger partial charge in [0.05, 0.1) is 5.56 Å². The van der Waals surface area contributed by atoms with E-state index < -0.39 is 11.6 Å². The number of hydrogen-bond acceptors (Lipinski definition) is 1. The highest BCUT2D eigenvalue weighted by atomic mass is 19.1. The van der Waals surface area contributed by atoms with Crippen LogP contribution in [0.25, 0.3) is 11.1 Å². The van der Waals surface area contributed by atoms with Gasteiger partial charge in [0.2, 0.25) is 0 Å². The van der Waals surface area contributed by atoms with Crippen LogP contribution in [-0.4, -0.2) is 7.05 Å². The summed E-state index contributed by atoms with van der Waals surface area (Å²) in [6, 6.07) is 10.9. The third kappa shape index (κ3) is 1.89. The maximum atomic E-state index is 13.5. The molecule has 0 fully saturated rings. The van der Waals surface area contributed by atoms with E-state index in [0.29, 0.717) is 5.56 Å². The van der Waals surface area contributed by atoms with E-state index in [2.05, 4.69) is 5.32 Å². The first-order valence-corrected chi connectivity index (χ1v) is 4.94. The average molecular weight is 219 g/mol. The second-order valence-corrected chi connectivity index (χ2v) is 3.43. The highest BCUT2D eigenvalue weighted by molar-refractivity contribution is 5.69. The van der Waals surface area contributed by atoms with Gasteiger partial charge in [-0.25, -0.2) is 8.78 Å². The zero-order valence-corrected chi connectivity index (χ0v) is 8.80. The molecule has 0 radical (unpaired) electrons. The van der Waals surface area contributed by atoms with Crippen LogP contribution >= 0.6 is 0 Å².